The van der Waals surface area contributed by atoms with E-state index in [1.807, 2.05) is 41.5 Å². The van der Waals surface area contributed by atoms with E-state index in [9.17, 15) is 9.59 Å². The van der Waals surface area contributed by atoms with Gasteiger partial charge in [0.15, 0.2) is 5.78 Å². The number of carbonyl (C=O) groups is 2. The number of aromatic nitrogens is 2. The Labute approximate surface area is 177 Å². The molecule has 0 aliphatic carbocycles. The lowest BCUT2D eigenvalue weighted by molar-refractivity contribution is -0.134. The van der Waals surface area contributed by atoms with Crippen LogP contribution in [-0.4, -0.2) is 21.5 Å². The molecule has 5 nitrogen and oxygen atoms in total. The first-order valence-corrected chi connectivity index (χ1v) is 10.2. The van der Waals surface area contributed by atoms with E-state index in [0.717, 1.165) is 22.3 Å². The van der Waals surface area contributed by atoms with Crippen molar-refractivity contribution in [1.29, 1.82) is 0 Å². The van der Waals surface area contributed by atoms with Gasteiger partial charge < -0.3 is 4.74 Å². The maximum atomic E-state index is 13.4. The van der Waals surface area contributed by atoms with Gasteiger partial charge in [0.2, 0.25) is 5.88 Å². The van der Waals surface area contributed by atoms with E-state index in [1.54, 1.807) is 23.7 Å². The summed E-state index contributed by atoms with van der Waals surface area (Å²) >= 11 is 6.44. The quantitative estimate of drug-likeness (QED) is 0.419. The second kappa shape index (κ2) is 9.40. The first-order chi connectivity index (χ1) is 13.6. The van der Waals surface area contributed by atoms with E-state index >= 15 is 0 Å². The van der Waals surface area contributed by atoms with E-state index in [1.165, 1.54) is 6.20 Å². The molecule has 0 unspecified atom stereocenters. The molecule has 0 fully saturated rings. The van der Waals surface area contributed by atoms with E-state index in [2.05, 4.69) is 5.10 Å². The molecule has 1 aromatic heterocycles. The van der Waals surface area contributed by atoms with Crippen LogP contribution in [0.15, 0.2) is 23.9 Å². The molecule has 0 aliphatic heterocycles. The summed E-state index contributed by atoms with van der Waals surface area (Å²) in [6, 6.07) is 3.45. The van der Waals surface area contributed by atoms with E-state index in [0.29, 0.717) is 17.1 Å². The van der Waals surface area contributed by atoms with Gasteiger partial charge in [0.25, 0.3) is 0 Å². The Kier molecular flexibility index (Phi) is 7.42. The fourth-order valence-electron chi connectivity index (χ4n) is 3.07. The Morgan fingerprint density at radius 3 is 2.38 bits per heavy atom. The molecule has 0 spiro atoms. The highest BCUT2D eigenvalue weighted by molar-refractivity contribution is 6.32. The molecular formula is C23H29ClN2O3. The molecule has 0 bridgehead atoms. The van der Waals surface area contributed by atoms with Crippen molar-refractivity contribution in [3.05, 3.63) is 51.2 Å². The Morgan fingerprint density at radius 2 is 1.83 bits per heavy atom. The summed E-state index contributed by atoms with van der Waals surface area (Å²) in [5, 5.41) is 4.91. The smallest absolute Gasteiger partial charge is 0.312 e. The molecule has 6 heteroatoms. The topological polar surface area (TPSA) is 61.2 Å². The van der Waals surface area contributed by atoms with Crippen molar-refractivity contribution < 1.29 is 14.3 Å². The fraction of sp³-hybridized carbons (Fsp3) is 0.435. The summed E-state index contributed by atoms with van der Waals surface area (Å²) in [4.78, 5) is 25.4. The zero-order chi connectivity index (χ0) is 21.9. The van der Waals surface area contributed by atoms with Crippen molar-refractivity contribution in [3.8, 4) is 5.88 Å². The second-order valence-corrected chi connectivity index (χ2v) is 8.22. The number of carbonyl (C=O) groups excluding carboxylic acids is 2. The van der Waals surface area contributed by atoms with Crippen LogP contribution in [0.3, 0.4) is 0 Å². The molecule has 0 saturated heterocycles. The average Bonchev–Trinajstić information content (AvgIpc) is 3.02. The van der Waals surface area contributed by atoms with Gasteiger partial charge in [-0.15, -0.1) is 0 Å². The molecule has 2 rings (SSSR count). The number of halogens is 1. The predicted molar refractivity (Wildman–Crippen MR) is 117 cm³/mol. The van der Waals surface area contributed by atoms with Gasteiger partial charge in [-0.05, 0) is 62.4 Å². The lowest BCUT2D eigenvalue weighted by Crippen LogP contribution is -2.16. The van der Waals surface area contributed by atoms with Crippen LogP contribution in [0.25, 0.3) is 5.57 Å². The Hall–Kier alpha value is -2.40. The first-order valence-electron chi connectivity index (χ1n) is 9.83. The maximum Gasteiger partial charge on any atom is 0.312 e. The van der Waals surface area contributed by atoms with Gasteiger partial charge in [-0.25, -0.2) is 4.68 Å². The third-order valence-electron chi connectivity index (χ3n) is 4.86. The van der Waals surface area contributed by atoms with Crippen molar-refractivity contribution in [2.75, 3.05) is 0 Å². The number of hydrogen-bond donors (Lipinski definition) is 0. The third kappa shape index (κ3) is 4.96. The summed E-state index contributed by atoms with van der Waals surface area (Å²) in [6.07, 6.45) is 1.69. The SMILES string of the molecule is CCC(=O)Oc1c(C(=O)c2ccc(Cl)c(C(C)=C(C)C)c2C)cnn1CC(C)C. The minimum Gasteiger partial charge on any atom is -0.407 e. The number of rotatable bonds is 7. The lowest BCUT2D eigenvalue weighted by atomic mass is 9.92. The lowest BCUT2D eigenvalue weighted by Gasteiger charge is -2.15. The third-order valence-corrected chi connectivity index (χ3v) is 5.17. The van der Waals surface area contributed by atoms with Gasteiger partial charge in [0.05, 0.1) is 6.20 Å². The Bertz CT molecular complexity index is 967. The number of nitrogens with zero attached hydrogens (tertiary/aromatic N) is 2. The highest BCUT2D eigenvalue weighted by atomic mass is 35.5. The Morgan fingerprint density at radius 1 is 1.17 bits per heavy atom. The van der Waals surface area contributed by atoms with Crippen LogP contribution >= 0.6 is 11.6 Å². The number of benzene rings is 1. The van der Waals surface area contributed by atoms with Crippen LogP contribution < -0.4 is 4.74 Å². The summed E-state index contributed by atoms with van der Waals surface area (Å²) in [6.45, 7) is 14.2. The van der Waals surface area contributed by atoms with Crippen LogP contribution in [0.5, 0.6) is 5.88 Å². The number of ether oxygens (including phenoxy) is 1. The van der Waals surface area contributed by atoms with Crippen LogP contribution in [0.2, 0.25) is 5.02 Å². The van der Waals surface area contributed by atoms with Gasteiger partial charge in [-0.1, -0.05) is 37.9 Å². The standard InChI is InChI=1S/C23H29ClN2O3/c1-8-20(27)29-23-18(11-25-26(23)12-13(2)3)22(28)17-9-10-19(24)21(16(17)7)15(6)14(4)5/h9-11,13H,8,12H2,1-7H3. The van der Waals surface area contributed by atoms with Crippen molar-refractivity contribution in [1.82, 2.24) is 9.78 Å². The molecule has 0 atom stereocenters. The molecule has 0 saturated carbocycles. The van der Waals surface area contributed by atoms with E-state index in [-0.39, 0.29) is 29.6 Å². The highest BCUT2D eigenvalue weighted by Crippen LogP contribution is 2.33. The monoisotopic (exact) mass is 416 g/mol. The van der Waals surface area contributed by atoms with E-state index < -0.39 is 5.97 Å². The molecule has 0 aliphatic rings. The van der Waals surface area contributed by atoms with Crippen LogP contribution in [0, 0.1) is 12.8 Å². The van der Waals surface area contributed by atoms with Gasteiger partial charge in [0, 0.05) is 23.6 Å². The second-order valence-electron chi connectivity index (χ2n) is 7.82. The van der Waals surface area contributed by atoms with Crippen LogP contribution in [0.1, 0.15) is 75.0 Å². The van der Waals surface area contributed by atoms with Crippen LogP contribution in [0.4, 0.5) is 0 Å². The van der Waals surface area contributed by atoms with Gasteiger partial charge >= 0.3 is 5.97 Å². The van der Waals surface area contributed by atoms with Gasteiger partial charge in [-0.3, -0.25) is 9.59 Å². The minimum absolute atomic E-state index is 0.199. The van der Waals surface area contributed by atoms with Gasteiger partial charge in [-0.2, -0.15) is 5.10 Å². The molecule has 2 aromatic rings. The number of hydrogen-bond acceptors (Lipinski definition) is 4. The van der Waals surface area contributed by atoms with Crippen molar-refractivity contribution in [2.45, 2.75) is 61.4 Å². The number of allylic oxidation sites excluding steroid dienone is 2. The largest absolute Gasteiger partial charge is 0.407 e. The summed E-state index contributed by atoms with van der Waals surface area (Å²) in [7, 11) is 0. The van der Waals surface area contributed by atoms with E-state index in [4.69, 9.17) is 16.3 Å². The molecule has 0 amide bonds. The van der Waals surface area contributed by atoms with Crippen molar-refractivity contribution in [2.24, 2.45) is 5.92 Å². The molecule has 1 heterocycles. The fourth-order valence-corrected chi connectivity index (χ4v) is 3.42. The highest BCUT2D eigenvalue weighted by Gasteiger charge is 2.25. The molecule has 1 aromatic carbocycles. The summed E-state index contributed by atoms with van der Waals surface area (Å²) in [5.74, 6) is -0.166. The average molecular weight is 417 g/mol. The maximum absolute atomic E-state index is 13.4. The molecule has 0 radical (unpaired) electrons. The molecular weight excluding hydrogens is 388 g/mol. The number of esters is 1. The molecule has 29 heavy (non-hydrogen) atoms. The normalized spacial score (nSPS) is 10.9. The first kappa shape index (κ1) is 22.9. The summed E-state index contributed by atoms with van der Waals surface area (Å²) in [5.41, 5.74) is 4.61. The number of ketones is 1. The van der Waals surface area contributed by atoms with Crippen LogP contribution in [-0.2, 0) is 11.3 Å². The van der Waals surface area contributed by atoms with Crippen molar-refractivity contribution >= 4 is 28.9 Å². The Balaban J connectivity index is 2.61. The minimum atomic E-state index is -0.404. The zero-order valence-electron chi connectivity index (χ0n) is 18.2. The molecule has 0 N–H and O–H groups in total. The predicted octanol–water partition coefficient (Wildman–Crippen LogP) is 5.86. The van der Waals surface area contributed by atoms with Crippen molar-refractivity contribution in [3.63, 3.8) is 0 Å². The van der Waals surface area contributed by atoms with Gasteiger partial charge in [0.1, 0.15) is 5.56 Å². The zero-order valence-corrected chi connectivity index (χ0v) is 19.0. The molecule has 156 valence electrons. The summed E-state index contributed by atoms with van der Waals surface area (Å²) < 4.78 is 7.08.